The predicted molar refractivity (Wildman–Crippen MR) is 96.3 cm³/mol. The number of likely N-dealkylation sites (tertiary alicyclic amines) is 1. The van der Waals surface area contributed by atoms with Gasteiger partial charge in [0.1, 0.15) is 5.69 Å². The lowest BCUT2D eigenvalue weighted by atomic mass is 9.97. The lowest BCUT2D eigenvalue weighted by Crippen LogP contribution is -2.40. The van der Waals surface area contributed by atoms with Crippen molar-refractivity contribution < 1.29 is 9.59 Å². The van der Waals surface area contributed by atoms with Crippen LogP contribution < -0.4 is 5.32 Å². The highest BCUT2D eigenvalue weighted by Crippen LogP contribution is 2.26. The summed E-state index contributed by atoms with van der Waals surface area (Å²) in [6.45, 7) is 3.72. The van der Waals surface area contributed by atoms with Gasteiger partial charge in [0, 0.05) is 32.1 Å². The Morgan fingerprint density at radius 1 is 1.32 bits per heavy atom. The maximum atomic E-state index is 12.3. The second kappa shape index (κ2) is 7.70. The minimum absolute atomic E-state index is 0.118. The SMILES string of the molecule is CC(=O)N1CCC(CNC(=O)c2cc(-c3ccccc3Cl)n[nH]2)CC1. The molecule has 2 aromatic rings. The van der Waals surface area contributed by atoms with Gasteiger partial charge in [0.2, 0.25) is 5.91 Å². The number of carbonyl (C=O) groups is 2. The van der Waals surface area contributed by atoms with Crippen molar-refractivity contribution in [1.29, 1.82) is 0 Å². The van der Waals surface area contributed by atoms with E-state index in [2.05, 4.69) is 15.5 Å². The molecule has 0 bridgehead atoms. The third-order valence-electron chi connectivity index (χ3n) is 4.58. The number of benzene rings is 1. The number of aromatic amines is 1. The zero-order valence-corrected chi connectivity index (χ0v) is 14.8. The van der Waals surface area contributed by atoms with Gasteiger partial charge in [-0.25, -0.2) is 0 Å². The smallest absolute Gasteiger partial charge is 0.269 e. The molecule has 132 valence electrons. The van der Waals surface area contributed by atoms with Crippen LogP contribution in [0.2, 0.25) is 5.02 Å². The normalized spacial score (nSPS) is 15.2. The molecular weight excluding hydrogens is 340 g/mol. The van der Waals surface area contributed by atoms with Gasteiger partial charge in [-0.3, -0.25) is 14.7 Å². The van der Waals surface area contributed by atoms with Crippen molar-refractivity contribution in [1.82, 2.24) is 20.4 Å². The second-order valence-corrected chi connectivity index (χ2v) is 6.71. The lowest BCUT2D eigenvalue weighted by molar-refractivity contribution is -0.130. The minimum atomic E-state index is -0.181. The Kier molecular flexibility index (Phi) is 5.38. The number of aromatic nitrogens is 2. The van der Waals surface area contributed by atoms with Crippen molar-refractivity contribution in [3.05, 3.63) is 41.0 Å². The Balaban J connectivity index is 1.55. The Morgan fingerprint density at radius 3 is 2.72 bits per heavy atom. The zero-order chi connectivity index (χ0) is 17.8. The lowest BCUT2D eigenvalue weighted by Gasteiger charge is -2.31. The van der Waals surface area contributed by atoms with E-state index in [0.717, 1.165) is 31.5 Å². The van der Waals surface area contributed by atoms with Crippen LogP contribution in [0.25, 0.3) is 11.3 Å². The van der Waals surface area contributed by atoms with Crippen molar-refractivity contribution >= 4 is 23.4 Å². The van der Waals surface area contributed by atoms with E-state index in [1.807, 2.05) is 23.1 Å². The molecule has 1 aliphatic rings. The summed E-state index contributed by atoms with van der Waals surface area (Å²) < 4.78 is 0. The number of piperidine rings is 1. The topological polar surface area (TPSA) is 78.1 Å². The van der Waals surface area contributed by atoms with E-state index >= 15 is 0 Å². The summed E-state index contributed by atoms with van der Waals surface area (Å²) in [5.74, 6) is 0.331. The maximum absolute atomic E-state index is 12.3. The van der Waals surface area contributed by atoms with Crippen molar-refractivity contribution in [3.8, 4) is 11.3 Å². The number of amides is 2. The summed E-state index contributed by atoms with van der Waals surface area (Å²) in [6, 6.07) is 9.09. The molecule has 1 aliphatic heterocycles. The van der Waals surface area contributed by atoms with Gasteiger partial charge in [0.25, 0.3) is 5.91 Å². The predicted octanol–water partition coefficient (Wildman–Crippen LogP) is 2.72. The molecule has 6 nitrogen and oxygen atoms in total. The molecule has 0 unspecified atom stereocenters. The molecule has 0 aliphatic carbocycles. The zero-order valence-electron chi connectivity index (χ0n) is 14.1. The molecule has 3 rings (SSSR count). The van der Waals surface area contributed by atoms with E-state index in [4.69, 9.17) is 11.6 Å². The number of carbonyl (C=O) groups excluding carboxylic acids is 2. The van der Waals surface area contributed by atoms with Gasteiger partial charge in [-0.2, -0.15) is 5.10 Å². The molecule has 1 aromatic carbocycles. The molecule has 1 fully saturated rings. The number of hydrogen-bond acceptors (Lipinski definition) is 3. The van der Waals surface area contributed by atoms with Crippen LogP contribution in [0.15, 0.2) is 30.3 Å². The molecule has 0 radical (unpaired) electrons. The first-order valence-electron chi connectivity index (χ1n) is 8.38. The summed E-state index contributed by atoms with van der Waals surface area (Å²) in [5, 5.41) is 10.5. The highest BCUT2D eigenvalue weighted by atomic mass is 35.5. The van der Waals surface area contributed by atoms with E-state index in [9.17, 15) is 9.59 Å². The van der Waals surface area contributed by atoms with E-state index in [1.165, 1.54) is 0 Å². The van der Waals surface area contributed by atoms with E-state index in [-0.39, 0.29) is 11.8 Å². The number of rotatable bonds is 4. The summed E-state index contributed by atoms with van der Waals surface area (Å²) in [4.78, 5) is 25.5. The van der Waals surface area contributed by atoms with Gasteiger partial charge in [-0.15, -0.1) is 0 Å². The molecule has 1 aromatic heterocycles. The van der Waals surface area contributed by atoms with Gasteiger partial charge < -0.3 is 10.2 Å². The summed E-state index contributed by atoms with van der Waals surface area (Å²) in [6.07, 6.45) is 1.82. The molecule has 2 amide bonds. The van der Waals surface area contributed by atoms with E-state index < -0.39 is 0 Å². The molecular formula is C18H21ClN4O2. The largest absolute Gasteiger partial charge is 0.350 e. The fraction of sp³-hybridized carbons (Fsp3) is 0.389. The average Bonchev–Trinajstić information content (AvgIpc) is 3.10. The number of halogens is 1. The van der Waals surface area contributed by atoms with Crippen molar-refractivity contribution in [2.45, 2.75) is 19.8 Å². The summed E-state index contributed by atoms with van der Waals surface area (Å²) in [7, 11) is 0. The number of hydrogen-bond donors (Lipinski definition) is 2. The molecule has 7 heteroatoms. The number of nitrogens with one attached hydrogen (secondary N) is 2. The second-order valence-electron chi connectivity index (χ2n) is 6.31. The Morgan fingerprint density at radius 2 is 2.04 bits per heavy atom. The minimum Gasteiger partial charge on any atom is -0.350 e. The fourth-order valence-corrected chi connectivity index (χ4v) is 3.26. The van der Waals surface area contributed by atoms with Crippen molar-refractivity contribution in [3.63, 3.8) is 0 Å². The highest BCUT2D eigenvalue weighted by Gasteiger charge is 2.21. The number of H-pyrrole nitrogens is 1. The standard InChI is InChI=1S/C18H21ClN4O2/c1-12(24)23-8-6-13(7-9-23)11-20-18(25)17-10-16(21-22-17)14-4-2-3-5-15(14)19/h2-5,10,13H,6-9,11H2,1H3,(H,20,25)(H,21,22). The molecule has 0 spiro atoms. The first kappa shape index (κ1) is 17.5. The average molecular weight is 361 g/mol. The van der Waals surface area contributed by atoms with Crippen LogP contribution in [0.3, 0.4) is 0 Å². The van der Waals surface area contributed by atoms with Crippen molar-refractivity contribution in [2.24, 2.45) is 5.92 Å². The number of nitrogens with zero attached hydrogens (tertiary/aromatic N) is 2. The first-order valence-corrected chi connectivity index (χ1v) is 8.76. The highest BCUT2D eigenvalue weighted by molar-refractivity contribution is 6.33. The molecule has 2 N–H and O–H groups in total. The Hall–Kier alpha value is -2.34. The van der Waals surface area contributed by atoms with Gasteiger partial charge >= 0.3 is 0 Å². The third-order valence-corrected chi connectivity index (χ3v) is 4.91. The fourth-order valence-electron chi connectivity index (χ4n) is 3.03. The summed E-state index contributed by atoms with van der Waals surface area (Å²) >= 11 is 6.16. The van der Waals surface area contributed by atoms with Gasteiger partial charge in [-0.1, -0.05) is 29.8 Å². The van der Waals surface area contributed by atoms with E-state index in [0.29, 0.717) is 28.9 Å². The first-order chi connectivity index (χ1) is 12.0. The van der Waals surface area contributed by atoms with Crippen LogP contribution in [0, 0.1) is 5.92 Å². The maximum Gasteiger partial charge on any atom is 0.269 e. The van der Waals surface area contributed by atoms with Crippen LogP contribution in [0.1, 0.15) is 30.3 Å². The van der Waals surface area contributed by atoms with E-state index in [1.54, 1.807) is 19.1 Å². The molecule has 1 saturated heterocycles. The molecule has 25 heavy (non-hydrogen) atoms. The molecule has 0 saturated carbocycles. The third kappa shape index (κ3) is 4.20. The molecule has 2 heterocycles. The molecule has 0 atom stereocenters. The van der Waals surface area contributed by atoms with Crippen LogP contribution in [0.4, 0.5) is 0 Å². The van der Waals surface area contributed by atoms with Gasteiger partial charge in [-0.05, 0) is 30.9 Å². The quantitative estimate of drug-likeness (QED) is 0.880. The summed E-state index contributed by atoms with van der Waals surface area (Å²) in [5.41, 5.74) is 1.85. The van der Waals surface area contributed by atoms with Gasteiger partial charge in [0.05, 0.1) is 10.7 Å². The van der Waals surface area contributed by atoms with Crippen molar-refractivity contribution in [2.75, 3.05) is 19.6 Å². The van der Waals surface area contributed by atoms with Gasteiger partial charge in [0.15, 0.2) is 0 Å². The van der Waals surface area contributed by atoms with Crippen LogP contribution in [0.5, 0.6) is 0 Å². The van der Waals surface area contributed by atoms with Crippen LogP contribution >= 0.6 is 11.6 Å². The van der Waals surface area contributed by atoms with Crippen LogP contribution in [-0.4, -0.2) is 46.5 Å². The Labute approximate surface area is 151 Å². The Bertz CT molecular complexity index is 766. The van der Waals surface area contributed by atoms with Crippen LogP contribution in [-0.2, 0) is 4.79 Å². The monoisotopic (exact) mass is 360 g/mol.